The molecule has 0 unspecified atom stereocenters. The highest BCUT2D eigenvalue weighted by molar-refractivity contribution is 7.89. The van der Waals surface area contributed by atoms with Crippen LogP contribution >= 0.6 is 0 Å². The highest BCUT2D eigenvalue weighted by Crippen LogP contribution is 2.26. The molecule has 5 nitrogen and oxygen atoms in total. The number of sulfonamides is 1. The van der Waals surface area contributed by atoms with E-state index < -0.39 is 21.7 Å². The smallest absolute Gasteiger partial charge is 0.243 e. The monoisotopic (exact) mass is 374 g/mol. The van der Waals surface area contributed by atoms with Crippen LogP contribution in [-0.4, -0.2) is 63.1 Å². The van der Waals surface area contributed by atoms with E-state index in [1.54, 1.807) is 7.11 Å². The van der Waals surface area contributed by atoms with E-state index in [0.29, 0.717) is 31.3 Å². The third-order valence-electron chi connectivity index (χ3n) is 5.22. The van der Waals surface area contributed by atoms with Gasteiger partial charge >= 0.3 is 0 Å². The van der Waals surface area contributed by atoms with Gasteiger partial charge in [-0.1, -0.05) is 0 Å². The van der Waals surface area contributed by atoms with Gasteiger partial charge in [-0.3, -0.25) is 0 Å². The van der Waals surface area contributed by atoms with Crippen molar-refractivity contribution < 1.29 is 21.9 Å². The third kappa shape index (κ3) is 4.19. The van der Waals surface area contributed by atoms with Gasteiger partial charge in [-0.15, -0.1) is 0 Å². The molecule has 8 heteroatoms. The van der Waals surface area contributed by atoms with E-state index in [9.17, 15) is 17.2 Å². The molecule has 3 rings (SSSR count). The molecular formula is C17H24F2N2O3S. The van der Waals surface area contributed by atoms with Crippen molar-refractivity contribution in [2.24, 2.45) is 0 Å². The Hall–Kier alpha value is -1.09. The van der Waals surface area contributed by atoms with Gasteiger partial charge in [-0.05, 0) is 37.8 Å². The molecule has 2 fully saturated rings. The molecule has 2 aliphatic heterocycles. The quantitative estimate of drug-likeness (QED) is 0.811. The predicted octanol–water partition coefficient (Wildman–Crippen LogP) is 2.23. The van der Waals surface area contributed by atoms with Crippen LogP contribution in [0.5, 0.6) is 0 Å². The molecule has 140 valence electrons. The Kier molecular flexibility index (Phi) is 5.72. The molecule has 0 radical (unpaired) electrons. The maximum absolute atomic E-state index is 13.4. The summed E-state index contributed by atoms with van der Waals surface area (Å²) >= 11 is 0. The molecule has 0 spiro atoms. The van der Waals surface area contributed by atoms with Crippen LogP contribution in [0.15, 0.2) is 23.1 Å². The molecule has 1 aromatic carbocycles. The third-order valence-corrected chi connectivity index (χ3v) is 7.10. The Balaban J connectivity index is 1.62. The Labute approximate surface area is 147 Å². The number of halogens is 2. The van der Waals surface area contributed by atoms with E-state index in [0.717, 1.165) is 50.9 Å². The second kappa shape index (κ2) is 7.65. The van der Waals surface area contributed by atoms with E-state index in [-0.39, 0.29) is 4.90 Å². The minimum atomic E-state index is -3.86. The molecule has 0 atom stereocenters. The van der Waals surface area contributed by atoms with Crippen molar-refractivity contribution in [3.05, 3.63) is 29.8 Å². The SMILES string of the molecule is COC1CCN(C2CCN(S(=O)(=O)c3cc(F)cc(F)c3)CC2)CC1. The summed E-state index contributed by atoms with van der Waals surface area (Å²) in [6.07, 6.45) is 3.78. The zero-order valence-corrected chi connectivity index (χ0v) is 15.1. The van der Waals surface area contributed by atoms with Crippen LogP contribution in [-0.2, 0) is 14.8 Å². The fraction of sp³-hybridized carbons (Fsp3) is 0.647. The number of piperidine rings is 2. The fourth-order valence-corrected chi connectivity index (χ4v) is 5.26. The summed E-state index contributed by atoms with van der Waals surface area (Å²) < 4.78 is 58.7. The first-order valence-electron chi connectivity index (χ1n) is 8.63. The number of likely N-dealkylation sites (tertiary alicyclic amines) is 1. The second-order valence-corrected chi connectivity index (χ2v) is 8.65. The highest BCUT2D eigenvalue weighted by atomic mass is 32.2. The summed E-state index contributed by atoms with van der Waals surface area (Å²) in [5.74, 6) is -1.76. The molecule has 2 saturated heterocycles. The number of hydrogen-bond donors (Lipinski definition) is 0. The second-order valence-electron chi connectivity index (χ2n) is 6.71. The van der Waals surface area contributed by atoms with Crippen molar-refractivity contribution in [1.29, 1.82) is 0 Å². The topological polar surface area (TPSA) is 49.9 Å². The number of methoxy groups -OCH3 is 1. The largest absolute Gasteiger partial charge is 0.381 e. The lowest BCUT2D eigenvalue weighted by atomic mass is 10.00. The number of benzene rings is 1. The van der Waals surface area contributed by atoms with Crippen molar-refractivity contribution in [2.45, 2.75) is 42.7 Å². The maximum atomic E-state index is 13.4. The normalized spacial score (nSPS) is 22.4. The molecule has 0 bridgehead atoms. The highest BCUT2D eigenvalue weighted by Gasteiger charge is 2.33. The molecule has 2 aliphatic rings. The summed E-state index contributed by atoms with van der Waals surface area (Å²) in [5.41, 5.74) is 0. The first kappa shape index (κ1) is 18.7. The summed E-state index contributed by atoms with van der Waals surface area (Å²) in [4.78, 5) is 2.09. The number of nitrogens with zero attached hydrogens (tertiary/aromatic N) is 2. The van der Waals surface area contributed by atoms with Gasteiger partial charge < -0.3 is 9.64 Å². The average molecular weight is 374 g/mol. The lowest BCUT2D eigenvalue weighted by Gasteiger charge is -2.41. The maximum Gasteiger partial charge on any atom is 0.243 e. The van der Waals surface area contributed by atoms with Gasteiger partial charge in [0.2, 0.25) is 10.0 Å². The zero-order chi connectivity index (χ0) is 18.0. The van der Waals surface area contributed by atoms with Crippen molar-refractivity contribution in [2.75, 3.05) is 33.3 Å². The predicted molar refractivity (Wildman–Crippen MR) is 89.7 cm³/mol. The van der Waals surface area contributed by atoms with Gasteiger partial charge in [0.25, 0.3) is 0 Å². The zero-order valence-electron chi connectivity index (χ0n) is 14.3. The lowest BCUT2D eigenvalue weighted by molar-refractivity contribution is 0.0190. The van der Waals surface area contributed by atoms with Crippen molar-refractivity contribution in [1.82, 2.24) is 9.21 Å². The van der Waals surface area contributed by atoms with E-state index in [4.69, 9.17) is 4.74 Å². The molecule has 0 aromatic heterocycles. The standard InChI is InChI=1S/C17H24F2N2O3S/c1-24-16-4-6-20(7-5-16)15-2-8-21(9-3-15)25(22,23)17-11-13(18)10-14(19)12-17/h10-12,15-16H,2-9H2,1H3. The van der Waals surface area contributed by atoms with Crippen LogP contribution in [0.2, 0.25) is 0 Å². The molecular weight excluding hydrogens is 350 g/mol. The van der Waals surface area contributed by atoms with Crippen LogP contribution in [0.4, 0.5) is 8.78 Å². The minimum absolute atomic E-state index is 0.315. The van der Waals surface area contributed by atoms with E-state index in [1.165, 1.54) is 4.31 Å². The Bertz CT molecular complexity index is 678. The Morgan fingerprint density at radius 3 is 2.04 bits per heavy atom. The van der Waals surface area contributed by atoms with Gasteiger partial charge in [-0.2, -0.15) is 4.31 Å². The molecule has 0 saturated carbocycles. The molecule has 0 amide bonds. The van der Waals surface area contributed by atoms with Crippen LogP contribution in [0.25, 0.3) is 0 Å². The van der Waals surface area contributed by atoms with Gasteiger partial charge in [0.15, 0.2) is 0 Å². The number of rotatable bonds is 4. The number of ether oxygens (including phenoxy) is 1. The summed E-state index contributed by atoms with van der Waals surface area (Å²) in [6, 6.07) is 2.78. The van der Waals surface area contributed by atoms with E-state index in [2.05, 4.69) is 4.90 Å². The molecule has 0 aliphatic carbocycles. The van der Waals surface area contributed by atoms with Crippen LogP contribution in [0.3, 0.4) is 0 Å². The minimum Gasteiger partial charge on any atom is -0.381 e. The van der Waals surface area contributed by atoms with Crippen molar-refractivity contribution in [3.8, 4) is 0 Å². The van der Waals surface area contributed by atoms with Crippen molar-refractivity contribution >= 4 is 10.0 Å². The summed E-state index contributed by atoms with van der Waals surface area (Å²) in [6.45, 7) is 2.67. The lowest BCUT2D eigenvalue weighted by Crippen LogP contribution is -2.49. The first-order valence-corrected chi connectivity index (χ1v) is 10.1. The Morgan fingerprint density at radius 1 is 0.960 bits per heavy atom. The van der Waals surface area contributed by atoms with Crippen LogP contribution < -0.4 is 0 Å². The van der Waals surface area contributed by atoms with Crippen LogP contribution in [0.1, 0.15) is 25.7 Å². The van der Waals surface area contributed by atoms with Gasteiger partial charge in [0.1, 0.15) is 11.6 Å². The van der Waals surface area contributed by atoms with Gasteiger partial charge in [0, 0.05) is 45.4 Å². The van der Waals surface area contributed by atoms with Gasteiger partial charge in [-0.25, -0.2) is 17.2 Å². The molecule has 2 heterocycles. The summed E-state index contributed by atoms with van der Waals surface area (Å²) in [5, 5.41) is 0. The molecule has 25 heavy (non-hydrogen) atoms. The summed E-state index contributed by atoms with van der Waals surface area (Å²) in [7, 11) is -2.12. The van der Waals surface area contributed by atoms with Gasteiger partial charge in [0.05, 0.1) is 11.0 Å². The van der Waals surface area contributed by atoms with E-state index in [1.807, 2.05) is 0 Å². The molecule has 1 aromatic rings. The van der Waals surface area contributed by atoms with Crippen molar-refractivity contribution in [3.63, 3.8) is 0 Å². The first-order chi connectivity index (χ1) is 11.9. The van der Waals surface area contributed by atoms with E-state index >= 15 is 0 Å². The Morgan fingerprint density at radius 2 is 1.52 bits per heavy atom. The molecule has 0 N–H and O–H groups in total. The average Bonchev–Trinajstić information content (AvgIpc) is 2.61. The van der Waals surface area contributed by atoms with Crippen LogP contribution in [0, 0.1) is 11.6 Å². The fourth-order valence-electron chi connectivity index (χ4n) is 3.75. The number of hydrogen-bond acceptors (Lipinski definition) is 4.